The second-order valence-corrected chi connectivity index (χ2v) is 16.9. The highest BCUT2D eigenvalue weighted by atomic mass is 19.4. The first kappa shape index (κ1) is 42.5. The van der Waals surface area contributed by atoms with E-state index >= 15 is 0 Å². The van der Waals surface area contributed by atoms with Gasteiger partial charge in [0.2, 0.25) is 0 Å². The Morgan fingerprint density at radius 2 is 0.829 bits per heavy atom. The van der Waals surface area contributed by atoms with Gasteiger partial charge in [-0.3, -0.25) is 4.98 Å². The summed E-state index contributed by atoms with van der Waals surface area (Å²) in [5.41, 5.74) is 7.28. The first-order valence-electron chi connectivity index (χ1n) is 22.3. The number of benzene rings is 8. The van der Waals surface area contributed by atoms with Crippen molar-refractivity contribution in [1.82, 2.24) is 29.1 Å². The van der Waals surface area contributed by atoms with E-state index in [2.05, 4.69) is 4.98 Å². The Hall–Kier alpha value is -8.90. The smallest absolute Gasteiger partial charge is 0.309 e. The summed E-state index contributed by atoms with van der Waals surface area (Å²) in [6.07, 6.45) is -5.74. The van der Waals surface area contributed by atoms with Gasteiger partial charge in [-0.1, -0.05) is 103 Å². The number of aromatic nitrogens is 6. The fourth-order valence-electron chi connectivity index (χ4n) is 9.53. The summed E-state index contributed by atoms with van der Waals surface area (Å²) in [5.74, 6) is 1.19. The Balaban J connectivity index is 1.21. The summed E-state index contributed by atoms with van der Waals surface area (Å²) in [7, 11) is 0. The van der Waals surface area contributed by atoms with E-state index < -0.39 is 23.5 Å². The van der Waals surface area contributed by atoms with E-state index in [1.54, 1.807) is 24.5 Å². The van der Waals surface area contributed by atoms with Gasteiger partial charge in [-0.05, 0) is 108 Å². The lowest BCUT2D eigenvalue weighted by atomic mass is 9.93. The van der Waals surface area contributed by atoms with Gasteiger partial charge in [-0.15, -0.1) is 0 Å². The number of halogens is 6. The number of nitrogens with zero attached hydrogens (tertiary/aromatic N) is 6. The zero-order valence-corrected chi connectivity index (χ0v) is 36.6. The van der Waals surface area contributed by atoms with Crippen molar-refractivity contribution in [3.63, 3.8) is 0 Å². The molecule has 12 aromatic rings. The van der Waals surface area contributed by atoms with Crippen LogP contribution in [0.2, 0.25) is 0 Å². The van der Waals surface area contributed by atoms with Crippen LogP contribution in [0.3, 0.4) is 0 Å². The maximum atomic E-state index is 14.4. The van der Waals surface area contributed by atoms with Gasteiger partial charge in [0.25, 0.3) is 0 Å². The van der Waals surface area contributed by atoms with E-state index in [-0.39, 0.29) is 0 Å². The molecule has 0 aliphatic heterocycles. The molecular formula is C58H34F6N6. The lowest BCUT2D eigenvalue weighted by Crippen LogP contribution is -2.05. The second kappa shape index (κ2) is 16.4. The highest BCUT2D eigenvalue weighted by Gasteiger charge is 2.33. The molecule has 8 aromatic carbocycles. The first-order valence-corrected chi connectivity index (χ1v) is 22.3. The van der Waals surface area contributed by atoms with Gasteiger partial charge in [-0.2, -0.15) is 26.3 Å². The van der Waals surface area contributed by atoms with Crippen molar-refractivity contribution in [3.05, 3.63) is 218 Å². The van der Waals surface area contributed by atoms with E-state index in [1.165, 1.54) is 24.3 Å². The molecule has 0 aliphatic rings. The van der Waals surface area contributed by atoms with Crippen LogP contribution in [0.5, 0.6) is 0 Å². The van der Waals surface area contributed by atoms with Crippen LogP contribution in [0.25, 0.3) is 111 Å². The Morgan fingerprint density at radius 1 is 0.329 bits per heavy atom. The Kier molecular flexibility index (Phi) is 9.95. The Morgan fingerprint density at radius 3 is 1.40 bits per heavy atom. The molecule has 6 nitrogen and oxygen atoms in total. The van der Waals surface area contributed by atoms with Gasteiger partial charge in [0, 0.05) is 61.9 Å². The number of pyridine rings is 1. The quantitative estimate of drug-likeness (QED) is 0.149. The third-order valence-corrected chi connectivity index (χ3v) is 12.7. The molecule has 70 heavy (non-hydrogen) atoms. The van der Waals surface area contributed by atoms with Gasteiger partial charge in [0.1, 0.15) is 0 Å². The molecule has 0 N–H and O–H groups in total. The van der Waals surface area contributed by atoms with Crippen LogP contribution in [0.1, 0.15) is 11.1 Å². The van der Waals surface area contributed by atoms with Gasteiger partial charge in [-0.25, -0.2) is 15.0 Å². The summed E-state index contributed by atoms with van der Waals surface area (Å²) < 4.78 is 89.8. The predicted octanol–water partition coefficient (Wildman–Crippen LogP) is 15.8. The van der Waals surface area contributed by atoms with E-state index in [4.69, 9.17) is 15.0 Å². The minimum Gasteiger partial charge on any atom is -0.309 e. The molecule has 0 spiro atoms. The number of para-hydroxylation sites is 2. The third kappa shape index (κ3) is 7.32. The van der Waals surface area contributed by atoms with Crippen molar-refractivity contribution < 1.29 is 26.3 Å². The molecular weight excluding hydrogens is 895 g/mol. The molecule has 338 valence electrons. The van der Waals surface area contributed by atoms with Crippen LogP contribution >= 0.6 is 0 Å². The second-order valence-electron chi connectivity index (χ2n) is 16.9. The molecule has 4 aromatic heterocycles. The van der Waals surface area contributed by atoms with Crippen LogP contribution in [0.4, 0.5) is 26.3 Å². The van der Waals surface area contributed by atoms with E-state index in [0.29, 0.717) is 89.2 Å². The summed E-state index contributed by atoms with van der Waals surface area (Å²) >= 11 is 0. The van der Waals surface area contributed by atoms with Gasteiger partial charge in [0.05, 0.1) is 38.9 Å². The Labute approximate surface area is 395 Å². The van der Waals surface area contributed by atoms with E-state index in [0.717, 1.165) is 34.4 Å². The number of fused-ring (bicyclic) bond motifs is 6. The molecule has 0 radical (unpaired) electrons. The molecule has 4 heterocycles. The van der Waals surface area contributed by atoms with Crippen LogP contribution in [-0.2, 0) is 12.4 Å². The average molecular weight is 929 g/mol. The monoisotopic (exact) mass is 928 g/mol. The molecule has 12 rings (SSSR count). The lowest BCUT2D eigenvalue weighted by molar-refractivity contribution is -0.138. The number of hydrogen-bond donors (Lipinski definition) is 0. The molecule has 0 saturated heterocycles. The standard InChI is InChI=1S/C58H34F6N6/c59-57(60,61)39-20-25-51-47(32-39)42-15-7-9-17-49(42)69(51)41-22-23-44(56-67-54(36-11-3-1-4-12-36)66-55(68-56)37-13-5-2-6-14-37)45(34-41)46-31-38(35-27-29-65-30-28-35)19-24-52(46)70-50-18-10-8-16-43(50)48-33-40(58(62,63)64)21-26-53(48)70/h1-34H. The summed E-state index contributed by atoms with van der Waals surface area (Å²) in [5, 5.41) is 2.11. The SMILES string of the molecule is FC(F)(F)c1ccc2c(c1)c1ccccc1n2-c1ccc(-c2nc(-c3ccccc3)nc(-c3ccccc3)n2)c(-c2cc(-c3ccncc3)ccc2-n2c3ccccc3c3cc(C(F)(F)F)ccc32)c1. The minimum absolute atomic E-state index is 0.337. The predicted molar refractivity (Wildman–Crippen MR) is 263 cm³/mol. The van der Waals surface area contributed by atoms with Crippen molar-refractivity contribution in [2.45, 2.75) is 12.4 Å². The molecule has 12 heteroatoms. The maximum absolute atomic E-state index is 14.4. The molecule has 0 saturated carbocycles. The fraction of sp³-hybridized carbons (Fsp3) is 0.0345. The average Bonchev–Trinajstić information content (AvgIpc) is 3.91. The maximum Gasteiger partial charge on any atom is 0.416 e. The zero-order chi connectivity index (χ0) is 47.7. The molecule has 0 amide bonds. The van der Waals surface area contributed by atoms with E-state index in [9.17, 15) is 26.3 Å². The third-order valence-electron chi connectivity index (χ3n) is 12.7. The number of hydrogen-bond acceptors (Lipinski definition) is 4. The highest BCUT2D eigenvalue weighted by Crippen LogP contribution is 2.45. The van der Waals surface area contributed by atoms with Crippen molar-refractivity contribution >= 4 is 43.6 Å². The molecule has 0 fully saturated rings. The summed E-state index contributed by atoms with van der Waals surface area (Å²) in [6.45, 7) is 0. The highest BCUT2D eigenvalue weighted by molar-refractivity contribution is 6.11. The van der Waals surface area contributed by atoms with Crippen molar-refractivity contribution in [3.8, 4) is 67.8 Å². The lowest BCUT2D eigenvalue weighted by Gasteiger charge is -2.20. The molecule has 0 aliphatic carbocycles. The zero-order valence-electron chi connectivity index (χ0n) is 36.6. The minimum atomic E-state index is -4.58. The van der Waals surface area contributed by atoms with Crippen LogP contribution in [0.15, 0.2) is 207 Å². The van der Waals surface area contributed by atoms with Crippen molar-refractivity contribution in [1.29, 1.82) is 0 Å². The summed E-state index contributed by atoms with van der Waals surface area (Å²) in [4.78, 5) is 19.5. The number of alkyl halides is 6. The first-order chi connectivity index (χ1) is 34.0. The van der Waals surface area contributed by atoms with E-state index in [1.807, 2.05) is 155 Å². The van der Waals surface area contributed by atoms with Gasteiger partial charge >= 0.3 is 12.4 Å². The molecule has 0 atom stereocenters. The van der Waals surface area contributed by atoms with Crippen LogP contribution < -0.4 is 0 Å². The van der Waals surface area contributed by atoms with Crippen molar-refractivity contribution in [2.75, 3.05) is 0 Å². The fourth-order valence-corrected chi connectivity index (χ4v) is 9.53. The normalized spacial score (nSPS) is 12.1. The molecule has 0 unspecified atom stereocenters. The number of rotatable bonds is 7. The largest absolute Gasteiger partial charge is 0.416 e. The van der Waals surface area contributed by atoms with Gasteiger partial charge in [0.15, 0.2) is 17.5 Å². The van der Waals surface area contributed by atoms with Crippen LogP contribution in [0, 0.1) is 0 Å². The van der Waals surface area contributed by atoms with Crippen molar-refractivity contribution in [2.24, 2.45) is 0 Å². The summed E-state index contributed by atoms with van der Waals surface area (Å²) in [6, 6.07) is 57.0. The Bertz CT molecular complexity index is 3920. The molecule has 0 bridgehead atoms. The van der Waals surface area contributed by atoms with Crippen LogP contribution in [-0.4, -0.2) is 29.1 Å². The van der Waals surface area contributed by atoms with Gasteiger partial charge < -0.3 is 9.13 Å². The topological polar surface area (TPSA) is 61.4 Å².